The van der Waals surface area contributed by atoms with Crippen LogP contribution in [0, 0.1) is 11.8 Å². The molecule has 0 radical (unpaired) electrons. The molecule has 1 aliphatic rings. The number of rotatable bonds is 3. The molecule has 2 atom stereocenters. The second kappa shape index (κ2) is 5.89. The molecule has 3 nitrogen and oxygen atoms in total. The van der Waals surface area contributed by atoms with Gasteiger partial charge in [0.1, 0.15) is 6.10 Å². The highest BCUT2D eigenvalue weighted by atomic mass is 35.5. The molecule has 18 heavy (non-hydrogen) atoms. The van der Waals surface area contributed by atoms with Crippen molar-refractivity contribution in [3.05, 3.63) is 22.8 Å². The third-order valence-electron chi connectivity index (χ3n) is 3.50. The van der Waals surface area contributed by atoms with E-state index in [0.717, 1.165) is 12.8 Å². The summed E-state index contributed by atoms with van der Waals surface area (Å²) in [4.78, 5) is 4.17. The van der Waals surface area contributed by atoms with Crippen molar-refractivity contribution in [1.29, 1.82) is 0 Å². The first-order valence-electron chi connectivity index (χ1n) is 6.50. The van der Waals surface area contributed by atoms with Crippen LogP contribution in [-0.2, 0) is 6.61 Å². The summed E-state index contributed by atoms with van der Waals surface area (Å²) in [6.07, 6.45) is 5.18. The van der Waals surface area contributed by atoms with E-state index in [1.807, 2.05) is 0 Å². The van der Waals surface area contributed by atoms with Crippen LogP contribution in [0.2, 0.25) is 5.02 Å². The highest BCUT2D eigenvalue weighted by Crippen LogP contribution is 2.31. The van der Waals surface area contributed by atoms with Crippen LogP contribution >= 0.6 is 11.6 Å². The third kappa shape index (κ3) is 3.36. The second-order valence-corrected chi connectivity index (χ2v) is 5.84. The van der Waals surface area contributed by atoms with E-state index in [4.69, 9.17) is 21.4 Å². The Kier molecular flexibility index (Phi) is 4.46. The minimum atomic E-state index is -0.0881. The Hall–Kier alpha value is -0.800. The number of ether oxygens (including phenoxy) is 1. The minimum absolute atomic E-state index is 0.0881. The second-order valence-electron chi connectivity index (χ2n) is 5.43. The SMILES string of the molecule is CC1CC(C)CC(Oc2cc(CO)c(Cl)cn2)C1. The monoisotopic (exact) mass is 269 g/mol. The molecule has 1 aromatic heterocycles. The van der Waals surface area contributed by atoms with Crippen molar-refractivity contribution in [3.63, 3.8) is 0 Å². The average Bonchev–Trinajstić information content (AvgIpc) is 2.30. The lowest BCUT2D eigenvalue weighted by Gasteiger charge is -2.31. The lowest BCUT2D eigenvalue weighted by molar-refractivity contribution is 0.0964. The van der Waals surface area contributed by atoms with Gasteiger partial charge in [0.05, 0.1) is 11.6 Å². The Labute approximate surface area is 113 Å². The minimum Gasteiger partial charge on any atom is -0.474 e. The maximum Gasteiger partial charge on any atom is 0.213 e. The van der Waals surface area contributed by atoms with E-state index in [2.05, 4.69) is 18.8 Å². The summed E-state index contributed by atoms with van der Waals surface area (Å²) in [5.74, 6) is 1.96. The number of pyridine rings is 1. The zero-order valence-electron chi connectivity index (χ0n) is 10.9. The lowest BCUT2D eigenvalue weighted by Crippen LogP contribution is -2.28. The number of nitrogens with zero attached hydrogens (tertiary/aromatic N) is 1. The number of aromatic nitrogens is 1. The topological polar surface area (TPSA) is 42.4 Å². The molecule has 2 unspecified atom stereocenters. The molecule has 1 heterocycles. The predicted molar refractivity (Wildman–Crippen MR) is 71.8 cm³/mol. The van der Waals surface area contributed by atoms with Crippen LogP contribution in [0.1, 0.15) is 38.7 Å². The molecule has 1 aromatic rings. The van der Waals surface area contributed by atoms with Crippen molar-refractivity contribution in [2.75, 3.05) is 0 Å². The van der Waals surface area contributed by atoms with E-state index < -0.39 is 0 Å². The first-order chi connectivity index (χ1) is 8.58. The van der Waals surface area contributed by atoms with Crippen LogP contribution in [-0.4, -0.2) is 16.2 Å². The zero-order valence-corrected chi connectivity index (χ0v) is 11.7. The fourth-order valence-corrected chi connectivity index (χ4v) is 2.95. The van der Waals surface area contributed by atoms with Gasteiger partial charge in [-0.15, -0.1) is 0 Å². The molecule has 100 valence electrons. The number of aliphatic hydroxyl groups is 1. The first-order valence-corrected chi connectivity index (χ1v) is 6.88. The highest BCUT2D eigenvalue weighted by Gasteiger charge is 2.25. The van der Waals surface area contributed by atoms with E-state index in [0.29, 0.717) is 28.3 Å². The van der Waals surface area contributed by atoms with Crippen molar-refractivity contribution in [1.82, 2.24) is 4.98 Å². The van der Waals surface area contributed by atoms with E-state index in [9.17, 15) is 0 Å². The first kappa shape index (κ1) is 13.6. The maximum absolute atomic E-state index is 9.17. The Balaban J connectivity index is 2.04. The molecule has 4 heteroatoms. The quantitative estimate of drug-likeness (QED) is 0.914. The van der Waals surface area contributed by atoms with Crippen LogP contribution in [0.4, 0.5) is 0 Å². The fourth-order valence-electron chi connectivity index (χ4n) is 2.78. The molecule has 1 fully saturated rings. The Bertz CT molecular complexity index is 401. The number of hydrogen-bond acceptors (Lipinski definition) is 3. The molecule has 0 spiro atoms. The van der Waals surface area contributed by atoms with Crippen molar-refractivity contribution in [2.24, 2.45) is 11.8 Å². The summed E-state index contributed by atoms with van der Waals surface area (Å²) in [5.41, 5.74) is 0.665. The molecule has 1 saturated carbocycles. The Morgan fingerprint density at radius 1 is 1.33 bits per heavy atom. The summed E-state index contributed by atoms with van der Waals surface area (Å²) in [5, 5.41) is 9.65. The Morgan fingerprint density at radius 3 is 2.61 bits per heavy atom. The largest absolute Gasteiger partial charge is 0.474 e. The van der Waals surface area contributed by atoms with Crippen molar-refractivity contribution in [2.45, 2.75) is 45.8 Å². The van der Waals surface area contributed by atoms with Gasteiger partial charge in [0.2, 0.25) is 5.88 Å². The van der Waals surface area contributed by atoms with E-state index in [-0.39, 0.29) is 12.7 Å². The van der Waals surface area contributed by atoms with Crippen molar-refractivity contribution >= 4 is 11.6 Å². The molecule has 0 saturated heterocycles. The third-order valence-corrected chi connectivity index (χ3v) is 3.84. The molecule has 0 amide bonds. The molecule has 0 aliphatic heterocycles. The smallest absolute Gasteiger partial charge is 0.213 e. The van der Waals surface area contributed by atoms with Gasteiger partial charge in [0, 0.05) is 17.8 Å². The van der Waals surface area contributed by atoms with Gasteiger partial charge in [0.15, 0.2) is 0 Å². The van der Waals surface area contributed by atoms with Gasteiger partial charge in [-0.2, -0.15) is 0 Å². The van der Waals surface area contributed by atoms with Crippen LogP contribution < -0.4 is 4.74 Å². The lowest BCUT2D eigenvalue weighted by atomic mass is 9.82. The summed E-state index contributed by atoms with van der Waals surface area (Å²) in [7, 11) is 0. The molecule has 1 aliphatic carbocycles. The molecule has 0 aromatic carbocycles. The number of aliphatic hydroxyl groups excluding tert-OH is 1. The van der Waals surface area contributed by atoms with Gasteiger partial charge in [0.25, 0.3) is 0 Å². The normalized spacial score (nSPS) is 28.1. The van der Waals surface area contributed by atoms with Gasteiger partial charge in [-0.1, -0.05) is 25.4 Å². The summed E-state index contributed by atoms with van der Waals surface area (Å²) in [6, 6.07) is 1.73. The Morgan fingerprint density at radius 2 is 2.00 bits per heavy atom. The van der Waals surface area contributed by atoms with Crippen LogP contribution in [0.5, 0.6) is 5.88 Å². The van der Waals surface area contributed by atoms with Gasteiger partial charge in [-0.3, -0.25) is 0 Å². The van der Waals surface area contributed by atoms with Gasteiger partial charge in [-0.25, -0.2) is 4.98 Å². The number of halogens is 1. The van der Waals surface area contributed by atoms with Crippen LogP contribution in [0.25, 0.3) is 0 Å². The van der Waals surface area contributed by atoms with Crippen molar-refractivity contribution in [3.8, 4) is 5.88 Å². The fraction of sp³-hybridized carbons (Fsp3) is 0.643. The average molecular weight is 270 g/mol. The van der Waals surface area contributed by atoms with Gasteiger partial charge in [-0.05, 0) is 31.1 Å². The summed E-state index contributed by atoms with van der Waals surface area (Å²) >= 11 is 5.91. The molecular formula is C14H20ClNO2. The number of hydrogen-bond donors (Lipinski definition) is 1. The summed E-state index contributed by atoms with van der Waals surface area (Å²) < 4.78 is 5.91. The molecule has 1 N–H and O–H groups in total. The zero-order chi connectivity index (χ0) is 13.1. The maximum atomic E-state index is 9.17. The van der Waals surface area contributed by atoms with Gasteiger partial charge < -0.3 is 9.84 Å². The highest BCUT2D eigenvalue weighted by molar-refractivity contribution is 6.31. The van der Waals surface area contributed by atoms with Crippen molar-refractivity contribution < 1.29 is 9.84 Å². The van der Waals surface area contributed by atoms with E-state index >= 15 is 0 Å². The van der Waals surface area contributed by atoms with Crippen LogP contribution in [0.15, 0.2) is 12.3 Å². The van der Waals surface area contributed by atoms with Crippen LogP contribution in [0.3, 0.4) is 0 Å². The van der Waals surface area contributed by atoms with Gasteiger partial charge >= 0.3 is 0 Å². The molecular weight excluding hydrogens is 250 g/mol. The van der Waals surface area contributed by atoms with E-state index in [1.165, 1.54) is 12.6 Å². The van der Waals surface area contributed by atoms with E-state index in [1.54, 1.807) is 6.07 Å². The predicted octanol–water partition coefficient (Wildman–Crippen LogP) is 3.43. The molecule has 2 rings (SSSR count). The summed E-state index contributed by atoms with van der Waals surface area (Å²) in [6.45, 7) is 4.44. The molecule has 0 bridgehead atoms. The standard InChI is InChI=1S/C14H20ClNO2/c1-9-3-10(2)5-12(4-9)18-14-6-11(8-17)13(15)7-16-14/h6-7,9-10,12,17H,3-5,8H2,1-2H3.